The molecule has 0 amide bonds. The van der Waals surface area contributed by atoms with Gasteiger partial charge in [0.2, 0.25) is 0 Å². The van der Waals surface area contributed by atoms with E-state index in [0.717, 1.165) is 24.7 Å². The molecule has 0 aliphatic heterocycles. The van der Waals surface area contributed by atoms with Gasteiger partial charge >= 0.3 is 0 Å². The zero-order valence-corrected chi connectivity index (χ0v) is 8.83. The number of rotatable bonds is 4. The van der Waals surface area contributed by atoms with Crippen molar-refractivity contribution in [2.24, 2.45) is 13.0 Å². The van der Waals surface area contributed by atoms with Gasteiger partial charge in [0.25, 0.3) is 0 Å². The van der Waals surface area contributed by atoms with E-state index < -0.39 is 0 Å². The lowest BCUT2D eigenvalue weighted by molar-refractivity contribution is 0.531. The largest absolute Gasteiger partial charge is 0.310 e. The van der Waals surface area contributed by atoms with Crippen molar-refractivity contribution in [1.29, 1.82) is 0 Å². The molecule has 0 atom stereocenters. The molecule has 0 saturated carbocycles. The summed E-state index contributed by atoms with van der Waals surface area (Å²) in [7, 11) is 1.92. The maximum absolute atomic E-state index is 4.30. The third-order valence-corrected chi connectivity index (χ3v) is 1.79. The smallest absolute Gasteiger partial charge is 0.147 e. The summed E-state index contributed by atoms with van der Waals surface area (Å²) < 4.78 is 1.82. The second kappa shape index (κ2) is 4.37. The molecule has 1 rings (SSSR count). The van der Waals surface area contributed by atoms with Gasteiger partial charge in [-0.2, -0.15) is 5.10 Å². The van der Waals surface area contributed by atoms with E-state index in [1.165, 1.54) is 0 Å². The van der Waals surface area contributed by atoms with Crippen molar-refractivity contribution in [2.75, 3.05) is 6.54 Å². The van der Waals surface area contributed by atoms with E-state index in [1.54, 1.807) is 0 Å². The molecule has 1 aromatic rings. The summed E-state index contributed by atoms with van der Waals surface area (Å²) in [4.78, 5) is 4.30. The first-order valence-corrected chi connectivity index (χ1v) is 4.67. The zero-order chi connectivity index (χ0) is 9.84. The second-order valence-electron chi connectivity index (χ2n) is 3.72. The zero-order valence-electron chi connectivity index (χ0n) is 8.83. The van der Waals surface area contributed by atoms with Crippen molar-refractivity contribution in [3.63, 3.8) is 0 Å². The van der Waals surface area contributed by atoms with Gasteiger partial charge in [-0.1, -0.05) is 13.8 Å². The summed E-state index contributed by atoms with van der Waals surface area (Å²) in [6.45, 7) is 8.11. The van der Waals surface area contributed by atoms with Crippen LogP contribution in [0, 0.1) is 12.8 Å². The molecule has 4 nitrogen and oxygen atoms in total. The van der Waals surface area contributed by atoms with Gasteiger partial charge in [-0.25, -0.2) is 4.98 Å². The molecular formula is C9H18N4. The van der Waals surface area contributed by atoms with Crippen molar-refractivity contribution >= 4 is 0 Å². The number of aromatic nitrogens is 3. The van der Waals surface area contributed by atoms with E-state index in [4.69, 9.17) is 0 Å². The molecule has 74 valence electrons. The Hall–Kier alpha value is -0.900. The Bertz CT molecular complexity index is 265. The van der Waals surface area contributed by atoms with E-state index in [9.17, 15) is 0 Å². The number of hydrogen-bond donors (Lipinski definition) is 1. The van der Waals surface area contributed by atoms with Crippen LogP contribution >= 0.6 is 0 Å². The first-order chi connectivity index (χ1) is 6.09. The van der Waals surface area contributed by atoms with Crippen LogP contribution in [0.1, 0.15) is 25.5 Å². The van der Waals surface area contributed by atoms with Crippen LogP contribution in [0.5, 0.6) is 0 Å². The van der Waals surface area contributed by atoms with Crippen LogP contribution in [-0.4, -0.2) is 21.3 Å². The summed E-state index contributed by atoms with van der Waals surface area (Å²) in [5.74, 6) is 2.51. The Labute approximate surface area is 79.4 Å². The Balaban J connectivity index is 2.40. The Kier molecular flexibility index (Phi) is 3.42. The van der Waals surface area contributed by atoms with Gasteiger partial charge in [0, 0.05) is 7.05 Å². The molecule has 13 heavy (non-hydrogen) atoms. The quantitative estimate of drug-likeness (QED) is 0.751. The lowest BCUT2D eigenvalue weighted by Gasteiger charge is -2.05. The lowest BCUT2D eigenvalue weighted by atomic mass is 10.2. The van der Waals surface area contributed by atoms with Crippen LogP contribution in [0.25, 0.3) is 0 Å². The highest BCUT2D eigenvalue weighted by Gasteiger charge is 2.02. The molecule has 1 aromatic heterocycles. The van der Waals surface area contributed by atoms with E-state index in [0.29, 0.717) is 5.92 Å². The standard InChI is InChI=1S/C9H18N4/c1-7(2)5-10-6-9-11-8(3)12-13(9)4/h7,10H,5-6H2,1-4H3. The molecule has 0 radical (unpaired) electrons. The molecule has 0 aromatic carbocycles. The number of aryl methyl sites for hydroxylation is 2. The number of hydrogen-bond acceptors (Lipinski definition) is 3. The molecule has 1 heterocycles. The predicted molar refractivity (Wildman–Crippen MR) is 52.3 cm³/mol. The first kappa shape index (κ1) is 10.2. The fraction of sp³-hybridized carbons (Fsp3) is 0.778. The second-order valence-corrected chi connectivity index (χ2v) is 3.72. The SMILES string of the molecule is Cc1nc(CNCC(C)C)n(C)n1. The predicted octanol–water partition coefficient (Wildman–Crippen LogP) is 0.869. The van der Waals surface area contributed by atoms with Crippen LogP contribution in [-0.2, 0) is 13.6 Å². The molecule has 0 unspecified atom stereocenters. The van der Waals surface area contributed by atoms with E-state index in [1.807, 2.05) is 18.7 Å². The van der Waals surface area contributed by atoms with Gasteiger partial charge in [0.15, 0.2) is 0 Å². The molecule has 0 aliphatic rings. The maximum atomic E-state index is 4.30. The highest BCUT2D eigenvalue weighted by atomic mass is 15.3. The molecule has 4 heteroatoms. The minimum Gasteiger partial charge on any atom is -0.310 e. The first-order valence-electron chi connectivity index (χ1n) is 4.67. The van der Waals surface area contributed by atoms with Crippen molar-refractivity contribution in [1.82, 2.24) is 20.1 Å². The molecular weight excluding hydrogens is 164 g/mol. The Morgan fingerprint density at radius 3 is 2.62 bits per heavy atom. The highest BCUT2D eigenvalue weighted by molar-refractivity contribution is 4.89. The van der Waals surface area contributed by atoms with Gasteiger partial charge in [-0.05, 0) is 19.4 Å². The molecule has 0 fully saturated rings. The highest BCUT2D eigenvalue weighted by Crippen LogP contribution is 1.95. The summed E-state index contributed by atoms with van der Waals surface area (Å²) >= 11 is 0. The van der Waals surface area contributed by atoms with Crippen LogP contribution in [0.3, 0.4) is 0 Å². The minimum absolute atomic E-state index is 0.675. The molecule has 0 aliphatic carbocycles. The van der Waals surface area contributed by atoms with Crippen molar-refractivity contribution < 1.29 is 0 Å². The number of nitrogens with zero attached hydrogens (tertiary/aromatic N) is 3. The average molecular weight is 182 g/mol. The van der Waals surface area contributed by atoms with Crippen LogP contribution in [0.15, 0.2) is 0 Å². The summed E-state index contributed by atoms with van der Waals surface area (Å²) in [5, 5.41) is 7.51. The third kappa shape index (κ3) is 3.14. The van der Waals surface area contributed by atoms with E-state index in [-0.39, 0.29) is 0 Å². The van der Waals surface area contributed by atoms with Crippen LogP contribution < -0.4 is 5.32 Å². The average Bonchev–Trinajstić information content (AvgIpc) is 2.29. The van der Waals surface area contributed by atoms with Crippen molar-refractivity contribution in [2.45, 2.75) is 27.3 Å². The van der Waals surface area contributed by atoms with Crippen molar-refractivity contribution in [3.05, 3.63) is 11.6 Å². The van der Waals surface area contributed by atoms with Gasteiger partial charge < -0.3 is 5.32 Å². The van der Waals surface area contributed by atoms with Gasteiger partial charge in [0.05, 0.1) is 6.54 Å². The summed E-state index contributed by atoms with van der Waals surface area (Å²) in [5.41, 5.74) is 0. The summed E-state index contributed by atoms with van der Waals surface area (Å²) in [6.07, 6.45) is 0. The van der Waals surface area contributed by atoms with Crippen LogP contribution in [0.4, 0.5) is 0 Å². The van der Waals surface area contributed by atoms with E-state index in [2.05, 4.69) is 29.2 Å². The fourth-order valence-electron chi connectivity index (χ4n) is 1.18. The topological polar surface area (TPSA) is 42.7 Å². The minimum atomic E-state index is 0.675. The normalized spacial score (nSPS) is 11.2. The van der Waals surface area contributed by atoms with Gasteiger partial charge in [-0.3, -0.25) is 4.68 Å². The van der Waals surface area contributed by atoms with E-state index >= 15 is 0 Å². The fourth-order valence-corrected chi connectivity index (χ4v) is 1.18. The number of nitrogens with one attached hydrogen (secondary N) is 1. The molecule has 0 bridgehead atoms. The molecule has 0 saturated heterocycles. The molecule has 0 spiro atoms. The van der Waals surface area contributed by atoms with Gasteiger partial charge in [0.1, 0.15) is 11.6 Å². The van der Waals surface area contributed by atoms with Crippen molar-refractivity contribution in [3.8, 4) is 0 Å². The monoisotopic (exact) mass is 182 g/mol. The maximum Gasteiger partial charge on any atom is 0.147 e. The summed E-state index contributed by atoms with van der Waals surface area (Å²) in [6, 6.07) is 0. The van der Waals surface area contributed by atoms with Gasteiger partial charge in [-0.15, -0.1) is 0 Å². The Morgan fingerprint density at radius 2 is 2.15 bits per heavy atom. The third-order valence-electron chi connectivity index (χ3n) is 1.79. The lowest BCUT2D eigenvalue weighted by Crippen LogP contribution is -2.21. The Morgan fingerprint density at radius 1 is 1.46 bits per heavy atom. The van der Waals surface area contributed by atoms with Crippen LogP contribution in [0.2, 0.25) is 0 Å². The molecule has 1 N–H and O–H groups in total.